The Labute approximate surface area is 216 Å². The maximum Gasteiger partial charge on any atom is 0.242 e. The van der Waals surface area contributed by atoms with Crippen LogP contribution in [-0.2, 0) is 26.2 Å². The molecule has 0 aliphatic carbocycles. The zero-order valence-electron chi connectivity index (χ0n) is 22.5. The Balaban J connectivity index is 2.20. The molecule has 0 aromatic heterocycles. The summed E-state index contributed by atoms with van der Waals surface area (Å²) >= 11 is 0. The molecule has 2 amide bonds. The van der Waals surface area contributed by atoms with E-state index >= 15 is 0 Å². The van der Waals surface area contributed by atoms with Crippen LogP contribution >= 0.6 is 0 Å². The van der Waals surface area contributed by atoms with Crippen molar-refractivity contribution in [2.24, 2.45) is 5.92 Å². The molecular formula is C28H41N3O4S. The van der Waals surface area contributed by atoms with Crippen LogP contribution in [0.1, 0.15) is 56.7 Å². The van der Waals surface area contributed by atoms with Gasteiger partial charge in [-0.1, -0.05) is 68.3 Å². The number of aryl methyl sites for hydroxylation is 2. The van der Waals surface area contributed by atoms with Gasteiger partial charge in [0.1, 0.15) is 6.04 Å². The van der Waals surface area contributed by atoms with Gasteiger partial charge in [0.05, 0.1) is 11.9 Å². The summed E-state index contributed by atoms with van der Waals surface area (Å²) in [6, 6.07) is 14.6. The monoisotopic (exact) mass is 515 g/mol. The molecule has 0 fully saturated rings. The van der Waals surface area contributed by atoms with Gasteiger partial charge in [0.25, 0.3) is 0 Å². The third kappa shape index (κ3) is 8.97. The first kappa shape index (κ1) is 29.4. The second-order valence-corrected chi connectivity index (χ2v) is 11.8. The maximum atomic E-state index is 13.5. The number of carbonyl (C=O) groups is 2. The van der Waals surface area contributed by atoms with Gasteiger partial charge in [0, 0.05) is 26.1 Å². The van der Waals surface area contributed by atoms with E-state index in [0.717, 1.165) is 16.7 Å². The van der Waals surface area contributed by atoms with Crippen molar-refractivity contribution in [3.8, 4) is 0 Å². The average molecular weight is 516 g/mol. The molecule has 0 saturated carbocycles. The number of benzene rings is 2. The van der Waals surface area contributed by atoms with E-state index in [2.05, 4.69) is 5.32 Å². The summed E-state index contributed by atoms with van der Waals surface area (Å²) in [7, 11) is -3.51. The van der Waals surface area contributed by atoms with Crippen molar-refractivity contribution in [3.63, 3.8) is 0 Å². The van der Waals surface area contributed by atoms with Crippen molar-refractivity contribution in [1.29, 1.82) is 0 Å². The molecule has 0 radical (unpaired) electrons. The molecule has 0 bridgehead atoms. The van der Waals surface area contributed by atoms with E-state index in [9.17, 15) is 18.0 Å². The van der Waals surface area contributed by atoms with Crippen LogP contribution in [0.4, 0.5) is 5.69 Å². The topological polar surface area (TPSA) is 86.8 Å². The van der Waals surface area contributed by atoms with Crippen LogP contribution in [0.25, 0.3) is 0 Å². The van der Waals surface area contributed by atoms with Gasteiger partial charge in [0.15, 0.2) is 0 Å². The summed E-state index contributed by atoms with van der Waals surface area (Å²) in [4.78, 5) is 28.1. The SMILES string of the molecule is CC[C@H](C(=O)NCC(C)C)N(Cc1cccc(C)c1)C(=O)CCCN(c1ccc(C)cc1)S(C)(=O)=O. The van der Waals surface area contributed by atoms with Crippen molar-refractivity contribution in [2.75, 3.05) is 23.7 Å². The van der Waals surface area contributed by atoms with E-state index in [1.807, 2.05) is 71.0 Å². The van der Waals surface area contributed by atoms with Gasteiger partial charge in [-0.3, -0.25) is 13.9 Å². The minimum Gasteiger partial charge on any atom is -0.354 e. The lowest BCUT2D eigenvalue weighted by atomic mass is 10.1. The summed E-state index contributed by atoms with van der Waals surface area (Å²) in [5, 5.41) is 2.97. The number of sulfonamides is 1. The summed E-state index contributed by atoms with van der Waals surface area (Å²) in [5.41, 5.74) is 3.65. The highest BCUT2D eigenvalue weighted by Crippen LogP contribution is 2.20. The second-order valence-electron chi connectivity index (χ2n) is 9.85. The Morgan fingerprint density at radius 3 is 2.22 bits per heavy atom. The lowest BCUT2D eigenvalue weighted by molar-refractivity contribution is -0.141. The van der Waals surface area contributed by atoms with Gasteiger partial charge in [-0.15, -0.1) is 0 Å². The van der Waals surface area contributed by atoms with E-state index in [1.54, 1.807) is 17.0 Å². The number of anilines is 1. The number of hydrogen-bond acceptors (Lipinski definition) is 4. The molecule has 36 heavy (non-hydrogen) atoms. The molecule has 0 aliphatic rings. The van der Waals surface area contributed by atoms with Crippen LogP contribution in [0.2, 0.25) is 0 Å². The van der Waals surface area contributed by atoms with Crippen molar-refractivity contribution in [3.05, 3.63) is 65.2 Å². The molecule has 8 heteroatoms. The first-order chi connectivity index (χ1) is 16.9. The molecular weight excluding hydrogens is 474 g/mol. The Bertz CT molecular complexity index is 1110. The number of nitrogens with one attached hydrogen (secondary N) is 1. The van der Waals surface area contributed by atoms with Crippen LogP contribution in [-0.4, -0.2) is 50.5 Å². The summed E-state index contributed by atoms with van der Waals surface area (Å²) in [5.74, 6) is -0.0267. The molecule has 2 rings (SSSR count). The normalized spacial score (nSPS) is 12.3. The van der Waals surface area contributed by atoms with Crippen LogP contribution in [0.5, 0.6) is 0 Å². The largest absolute Gasteiger partial charge is 0.354 e. The van der Waals surface area contributed by atoms with Gasteiger partial charge in [-0.05, 0) is 50.3 Å². The van der Waals surface area contributed by atoms with Gasteiger partial charge in [-0.25, -0.2) is 8.42 Å². The molecule has 0 heterocycles. The molecule has 0 saturated heterocycles. The highest BCUT2D eigenvalue weighted by molar-refractivity contribution is 7.92. The molecule has 0 spiro atoms. The Kier molecular flexibility index (Phi) is 11.0. The number of carbonyl (C=O) groups excluding carboxylic acids is 2. The molecule has 1 N–H and O–H groups in total. The minimum atomic E-state index is -3.51. The molecule has 2 aromatic carbocycles. The molecule has 2 aromatic rings. The lowest BCUT2D eigenvalue weighted by Gasteiger charge is -2.31. The van der Waals surface area contributed by atoms with E-state index in [4.69, 9.17) is 0 Å². The van der Waals surface area contributed by atoms with E-state index in [-0.39, 0.29) is 24.8 Å². The van der Waals surface area contributed by atoms with Crippen LogP contribution < -0.4 is 9.62 Å². The molecule has 198 valence electrons. The molecule has 7 nitrogen and oxygen atoms in total. The van der Waals surface area contributed by atoms with Gasteiger partial charge < -0.3 is 10.2 Å². The molecule has 0 unspecified atom stereocenters. The van der Waals surface area contributed by atoms with Gasteiger partial charge in [0.2, 0.25) is 21.8 Å². The summed E-state index contributed by atoms with van der Waals surface area (Å²) in [6.07, 6.45) is 2.14. The van der Waals surface area contributed by atoms with E-state index < -0.39 is 16.1 Å². The third-order valence-electron chi connectivity index (χ3n) is 5.98. The zero-order chi connectivity index (χ0) is 26.9. The highest BCUT2D eigenvalue weighted by atomic mass is 32.2. The number of hydrogen-bond donors (Lipinski definition) is 1. The number of amides is 2. The predicted octanol–water partition coefficient (Wildman–Crippen LogP) is 4.43. The zero-order valence-corrected chi connectivity index (χ0v) is 23.3. The van der Waals surface area contributed by atoms with E-state index in [0.29, 0.717) is 37.5 Å². The van der Waals surface area contributed by atoms with Crippen LogP contribution in [0.3, 0.4) is 0 Å². The lowest BCUT2D eigenvalue weighted by Crippen LogP contribution is -2.49. The summed E-state index contributed by atoms with van der Waals surface area (Å²) in [6.45, 7) is 10.9. The number of rotatable bonds is 13. The molecule has 0 aliphatic heterocycles. The van der Waals surface area contributed by atoms with E-state index in [1.165, 1.54) is 10.6 Å². The quantitative estimate of drug-likeness (QED) is 0.428. The first-order valence-corrected chi connectivity index (χ1v) is 14.4. The first-order valence-electron chi connectivity index (χ1n) is 12.6. The van der Waals surface area contributed by atoms with Crippen molar-refractivity contribution < 1.29 is 18.0 Å². The van der Waals surface area contributed by atoms with Crippen LogP contribution in [0.15, 0.2) is 48.5 Å². The second kappa shape index (κ2) is 13.4. The van der Waals surface area contributed by atoms with Crippen LogP contribution in [0, 0.1) is 19.8 Å². The minimum absolute atomic E-state index is 0.137. The fraction of sp³-hybridized carbons (Fsp3) is 0.500. The van der Waals surface area contributed by atoms with Gasteiger partial charge in [-0.2, -0.15) is 0 Å². The Hall–Kier alpha value is -2.87. The maximum absolute atomic E-state index is 13.5. The Morgan fingerprint density at radius 2 is 1.67 bits per heavy atom. The summed E-state index contributed by atoms with van der Waals surface area (Å²) < 4.78 is 26.2. The average Bonchev–Trinajstić information content (AvgIpc) is 2.80. The smallest absolute Gasteiger partial charge is 0.242 e. The van der Waals surface area contributed by atoms with Crippen molar-refractivity contribution in [2.45, 2.75) is 66.5 Å². The highest BCUT2D eigenvalue weighted by Gasteiger charge is 2.29. The fourth-order valence-electron chi connectivity index (χ4n) is 4.06. The molecule has 1 atom stereocenters. The van der Waals surface area contributed by atoms with Crippen molar-refractivity contribution in [1.82, 2.24) is 10.2 Å². The fourth-order valence-corrected chi connectivity index (χ4v) is 5.03. The standard InChI is InChI=1S/C28H41N3O4S/c1-7-26(28(33)29-19-21(2)3)30(20-24-11-8-10-23(5)18-24)27(32)12-9-17-31(36(6,34)35)25-15-13-22(4)14-16-25/h8,10-11,13-16,18,21,26H,7,9,12,17,19-20H2,1-6H3,(H,29,33)/t26-/m1/s1. The third-order valence-corrected chi connectivity index (χ3v) is 7.17. The van der Waals surface area contributed by atoms with Gasteiger partial charge >= 0.3 is 0 Å². The predicted molar refractivity (Wildman–Crippen MR) is 146 cm³/mol. The van der Waals surface area contributed by atoms with Crippen molar-refractivity contribution >= 4 is 27.5 Å². The number of nitrogens with zero attached hydrogens (tertiary/aromatic N) is 2. The Morgan fingerprint density at radius 1 is 1.00 bits per heavy atom.